The molecular formula is C22H16F3N3O. The fraction of sp³-hybridized carbons (Fsp3) is 0.0909. The molecule has 1 aliphatic heterocycles. The van der Waals surface area contributed by atoms with Crippen LogP contribution >= 0.6 is 0 Å². The van der Waals surface area contributed by atoms with Crippen LogP contribution in [0.25, 0.3) is 11.8 Å². The van der Waals surface area contributed by atoms with Crippen molar-refractivity contribution in [2.75, 3.05) is 12.1 Å². The van der Waals surface area contributed by atoms with Crippen LogP contribution in [-0.2, 0) is 6.18 Å². The number of carbonyl (C=O) groups is 1. The second-order valence-electron chi connectivity index (χ2n) is 6.53. The standard InChI is InChI=1S/C22H16F3N3O/c1-27(20-9-5-6-12-26-20)28-19(13-15-7-3-2-4-8-15)18-14-16(22(23,24)25)10-11-17(18)21(28)29/h2-14H,1H3. The predicted molar refractivity (Wildman–Crippen MR) is 105 cm³/mol. The zero-order chi connectivity index (χ0) is 20.6. The van der Waals surface area contributed by atoms with Crippen LogP contribution in [0, 0.1) is 0 Å². The van der Waals surface area contributed by atoms with Crippen LogP contribution in [0.5, 0.6) is 0 Å². The van der Waals surface area contributed by atoms with Crippen molar-refractivity contribution in [1.82, 2.24) is 9.99 Å². The summed E-state index contributed by atoms with van der Waals surface area (Å²) in [5.74, 6) is 0.0766. The summed E-state index contributed by atoms with van der Waals surface area (Å²) in [6, 6.07) is 17.5. The number of aromatic nitrogens is 1. The Morgan fingerprint density at radius 3 is 2.34 bits per heavy atom. The highest BCUT2D eigenvalue weighted by molar-refractivity contribution is 6.12. The number of hydrogen-bond acceptors (Lipinski definition) is 3. The van der Waals surface area contributed by atoms with Crippen molar-refractivity contribution in [2.24, 2.45) is 0 Å². The summed E-state index contributed by atoms with van der Waals surface area (Å²) < 4.78 is 39.9. The summed E-state index contributed by atoms with van der Waals surface area (Å²) in [5, 5.41) is 2.88. The van der Waals surface area contributed by atoms with E-state index >= 15 is 0 Å². The number of rotatable bonds is 3. The molecule has 1 amide bonds. The molecule has 0 bridgehead atoms. The Morgan fingerprint density at radius 2 is 1.69 bits per heavy atom. The molecule has 0 spiro atoms. The number of hydrogen-bond donors (Lipinski definition) is 0. The molecule has 7 heteroatoms. The number of carbonyl (C=O) groups excluding carboxylic acids is 1. The van der Waals surface area contributed by atoms with Crippen LogP contribution in [0.15, 0.2) is 72.9 Å². The normalized spacial score (nSPS) is 15.0. The van der Waals surface area contributed by atoms with Gasteiger partial charge in [-0.15, -0.1) is 0 Å². The Kier molecular flexibility index (Phi) is 4.58. The Balaban J connectivity index is 1.88. The fourth-order valence-corrected chi connectivity index (χ4v) is 3.25. The third-order valence-electron chi connectivity index (χ3n) is 4.66. The van der Waals surface area contributed by atoms with Gasteiger partial charge in [0.1, 0.15) is 5.82 Å². The molecule has 146 valence electrons. The molecule has 0 atom stereocenters. The average molecular weight is 395 g/mol. The maximum atomic E-state index is 13.3. The van der Waals surface area contributed by atoms with Gasteiger partial charge in [0.05, 0.1) is 16.8 Å². The quantitative estimate of drug-likeness (QED) is 0.619. The van der Waals surface area contributed by atoms with Crippen LogP contribution in [0.1, 0.15) is 27.0 Å². The number of alkyl halides is 3. The lowest BCUT2D eigenvalue weighted by atomic mass is 10.0. The van der Waals surface area contributed by atoms with E-state index in [1.54, 1.807) is 37.5 Å². The first-order chi connectivity index (χ1) is 13.9. The number of benzene rings is 2. The van der Waals surface area contributed by atoms with E-state index in [9.17, 15) is 18.0 Å². The lowest BCUT2D eigenvalue weighted by molar-refractivity contribution is -0.137. The Hall–Kier alpha value is -3.61. The molecule has 0 fully saturated rings. The lowest BCUT2D eigenvalue weighted by Gasteiger charge is -2.30. The van der Waals surface area contributed by atoms with Crippen molar-refractivity contribution in [3.8, 4) is 0 Å². The molecule has 1 aliphatic rings. The van der Waals surface area contributed by atoms with Gasteiger partial charge in [0.2, 0.25) is 0 Å². The van der Waals surface area contributed by atoms with Crippen molar-refractivity contribution >= 4 is 23.5 Å². The van der Waals surface area contributed by atoms with Crippen molar-refractivity contribution in [3.05, 3.63) is 95.2 Å². The molecule has 0 aliphatic carbocycles. The summed E-state index contributed by atoms with van der Waals surface area (Å²) in [6.45, 7) is 0. The van der Waals surface area contributed by atoms with Gasteiger partial charge in [0.15, 0.2) is 0 Å². The monoisotopic (exact) mass is 395 g/mol. The van der Waals surface area contributed by atoms with Gasteiger partial charge >= 0.3 is 6.18 Å². The van der Waals surface area contributed by atoms with Crippen molar-refractivity contribution in [3.63, 3.8) is 0 Å². The number of nitrogens with zero attached hydrogens (tertiary/aromatic N) is 3. The smallest absolute Gasteiger partial charge is 0.267 e. The zero-order valence-electron chi connectivity index (χ0n) is 15.4. The van der Waals surface area contributed by atoms with Crippen LogP contribution in [0.4, 0.5) is 19.0 Å². The first-order valence-electron chi connectivity index (χ1n) is 8.84. The highest BCUT2D eigenvalue weighted by atomic mass is 19.4. The minimum atomic E-state index is -4.50. The van der Waals surface area contributed by atoms with Gasteiger partial charge in [-0.2, -0.15) is 13.2 Å². The summed E-state index contributed by atoms with van der Waals surface area (Å²) in [6.07, 6.45) is -1.22. The van der Waals surface area contributed by atoms with Crippen molar-refractivity contribution < 1.29 is 18.0 Å². The van der Waals surface area contributed by atoms with Gasteiger partial charge in [-0.1, -0.05) is 36.4 Å². The van der Waals surface area contributed by atoms with E-state index in [0.717, 1.165) is 17.7 Å². The van der Waals surface area contributed by atoms with Crippen LogP contribution in [0.3, 0.4) is 0 Å². The number of fused-ring (bicyclic) bond motifs is 1. The molecule has 0 N–H and O–H groups in total. The number of amides is 1. The molecule has 0 unspecified atom stereocenters. The molecule has 0 saturated carbocycles. The third kappa shape index (κ3) is 3.47. The van der Waals surface area contributed by atoms with Crippen molar-refractivity contribution in [2.45, 2.75) is 6.18 Å². The molecule has 1 aromatic heterocycles. The minimum Gasteiger partial charge on any atom is -0.267 e. The SMILES string of the molecule is CN(c1ccccn1)N1C(=O)c2ccc(C(F)(F)F)cc2C1=Cc1ccccc1. The van der Waals surface area contributed by atoms with Gasteiger partial charge in [0.25, 0.3) is 5.91 Å². The summed E-state index contributed by atoms with van der Waals surface area (Å²) >= 11 is 0. The maximum absolute atomic E-state index is 13.3. The summed E-state index contributed by atoms with van der Waals surface area (Å²) in [5.41, 5.74) is 0.764. The van der Waals surface area contributed by atoms with Crippen LogP contribution in [0.2, 0.25) is 0 Å². The van der Waals surface area contributed by atoms with Crippen molar-refractivity contribution in [1.29, 1.82) is 0 Å². The van der Waals surface area contributed by atoms with Gasteiger partial charge < -0.3 is 0 Å². The van der Waals surface area contributed by atoms with Gasteiger partial charge in [-0.05, 0) is 42.0 Å². The molecule has 0 radical (unpaired) electrons. The minimum absolute atomic E-state index is 0.211. The number of pyridine rings is 1. The molecule has 4 rings (SSSR count). The Bertz CT molecular complexity index is 1080. The lowest BCUT2D eigenvalue weighted by Crippen LogP contribution is -2.39. The van der Waals surface area contributed by atoms with E-state index in [1.165, 1.54) is 16.1 Å². The second-order valence-corrected chi connectivity index (χ2v) is 6.53. The van der Waals surface area contributed by atoms with E-state index in [1.807, 2.05) is 30.3 Å². The molecule has 29 heavy (non-hydrogen) atoms. The van der Waals surface area contributed by atoms with Crippen LogP contribution in [-0.4, -0.2) is 22.9 Å². The van der Waals surface area contributed by atoms with E-state index < -0.39 is 17.6 Å². The highest BCUT2D eigenvalue weighted by Gasteiger charge is 2.39. The molecule has 2 aromatic carbocycles. The van der Waals surface area contributed by atoms with Gasteiger partial charge in [0, 0.05) is 18.8 Å². The Morgan fingerprint density at radius 1 is 0.966 bits per heavy atom. The number of anilines is 1. The van der Waals surface area contributed by atoms with E-state index in [4.69, 9.17) is 0 Å². The highest BCUT2D eigenvalue weighted by Crippen LogP contribution is 2.39. The fourth-order valence-electron chi connectivity index (χ4n) is 3.25. The van der Waals surface area contributed by atoms with E-state index in [2.05, 4.69) is 4.98 Å². The number of halogens is 3. The molecule has 0 saturated heterocycles. The molecule has 2 heterocycles. The average Bonchev–Trinajstić information content (AvgIpc) is 2.99. The third-order valence-corrected chi connectivity index (χ3v) is 4.66. The summed E-state index contributed by atoms with van der Waals surface area (Å²) in [4.78, 5) is 17.4. The molecule has 3 aromatic rings. The second kappa shape index (κ2) is 7.09. The topological polar surface area (TPSA) is 36.4 Å². The van der Waals surface area contributed by atoms with Crippen LogP contribution < -0.4 is 5.01 Å². The summed E-state index contributed by atoms with van der Waals surface area (Å²) in [7, 11) is 1.65. The largest absolute Gasteiger partial charge is 0.416 e. The zero-order valence-corrected chi connectivity index (χ0v) is 15.4. The Labute approximate surface area is 165 Å². The van der Waals surface area contributed by atoms with Gasteiger partial charge in [-0.3, -0.25) is 9.80 Å². The maximum Gasteiger partial charge on any atom is 0.416 e. The molecule has 4 nitrogen and oxygen atoms in total. The molecular weight excluding hydrogens is 379 g/mol. The van der Waals surface area contributed by atoms with E-state index in [0.29, 0.717) is 11.5 Å². The predicted octanol–water partition coefficient (Wildman–Crippen LogP) is 5.11. The first kappa shape index (κ1) is 18.7. The number of hydrazine groups is 1. The van der Waals surface area contributed by atoms with Gasteiger partial charge in [-0.25, -0.2) is 9.99 Å². The first-order valence-corrected chi connectivity index (χ1v) is 8.84. The van der Waals surface area contributed by atoms with E-state index in [-0.39, 0.29) is 11.1 Å².